The van der Waals surface area contributed by atoms with Gasteiger partial charge in [0.2, 0.25) is 5.91 Å². The van der Waals surface area contributed by atoms with E-state index in [9.17, 15) is 9.90 Å². The van der Waals surface area contributed by atoms with Crippen molar-refractivity contribution in [2.45, 2.75) is 83.8 Å². The molecular formula is C20H33NO2. The van der Waals surface area contributed by atoms with Crippen LogP contribution in [-0.4, -0.2) is 17.1 Å². The smallest absolute Gasteiger partial charge is 0.220 e. The van der Waals surface area contributed by atoms with E-state index in [0.29, 0.717) is 13.0 Å². The number of unbranched alkanes of at least 4 members (excludes halogenated alkanes) is 5. The fourth-order valence-corrected chi connectivity index (χ4v) is 2.69. The van der Waals surface area contributed by atoms with Gasteiger partial charge in [0.1, 0.15) is 0 Å². The van der Waals surface area contributed by atoms with E-state index in [2.05, 4.69) is 12.2 Å². The molecule has 0 saturated carbocycles. The summed E-state index contributed by atoms with van der Waals surface area (Å²) >= 11 is 0. The lowest BCUT2D eigenvalue weighted by molar-refractivity contribution is -0.121. The minimum Gasteiger partial charge on any atom is -0.393 e. The highest BCUT2D eigenvalue weighted by Crippen LogP contribution is 2.12. The molecule has 3 heteroatoms. The monoisotopic (exact) mass is 319 g/mol. The Kier molecular flexibility index (Phi) is 11.2. The summed E-state index contributed by atoms with van der Waals surface area (Å²) < 4.78 is 0. The summed E-state index contributed by atoms with van der Waals surface area (Å²) in [5.74, 6) is 0.0700. The molecule has 130 valence electrons. The average Bonchev–Trinajstić information content (AvgIpc) is 2.57. The first-order valence-electron chi connectivity index (χ1n) is 9.21. The van der Waals surface area contributed by atoms with Gasteiger partial charge in [-0.2, -0.15) is 0 Å². The van der Waals surface area contributed by atoms with Gasteiger partial charge < -0.3 is 10.4 Å². The Bertz CT molecular complexity index is 405. The highest BCUT2D eigenvalue weighted by Gasteiger charge is 2.06. The van der Waals surface area contributed by atoms with Crippen molar-refractivity contribution >= 4 is 5.91 Å². The van der Waals surface area contributed by atoms with Gasteiger partial charge in [0.05, 0.1) is 6.10 Å². The minimum absolute atomic E-state index is 0.0700. The number of carbonyl (C=O) groups is 1. The van der Waals surface area contributed by atoms with E-state index in [1.807, 2.05) is 30.3 Å². The van der Waals surface area contributed by atoms with Crippen molar-refractivity contribution in [3.63, 3.8) is 0 Å². The summed E-state index contributed by atoms with van der Waals surface area (Å²) in [5, 5.41) is 12.9. The molecule has 0 aliphatic carbocycles. The van der Waals surface area contributed by atoms with Crippen molar-refractivity contribution in [1.82, 2.24) is 5.32 Å². The van der Waals surface area contributed by atoms with Gasteiger partial charge in [-0.05, 0) is 24.8 Å². The molecule has 3 nitrogen and oxygen atoms in total. The van der Waals surface area contributed by atoms with E-state index >= 15 is 0 Å². The summed E-state index contributed by atoms with van der Waals surface area (Å²) in [6.07, 6.45) is 10.1. The van der Waals surface area contributed by atoms with Crippen molar-refractivity contribution in [3.05, 3.63) is 35.9 Å². The summed E-state index contributed by atoms with van der Waals surface area (Å²) in [6.45, 7) is 2.81. The van der Waals surface area contributed by atoms with Crippen molar-refractivity contribution in [1.29, 1.82) is 0 Å². The summed E-state index contributed by atoms with van der Waals surface area (Å²) in [7, 11) is 0. The van der Waals surface area contributed by atoms with Crippen LogP contribution >= 0.6 is 0 Å². The van der Waals surface area contributed by atoms with Crippen LogP contribution in [0.5, 0.6) is 0 Å². The third-order valence-corrected chi connectivity index (χ3v) is 4.16. The SMILES string of the molecule is CCCCCCCC[C@@H](O)CCCC(=O)NCc1ccccc1. The van der Waals surface area contributed by atoms with Gasteiger partial charge in [0.15, 0.2) is 0 Å². The molecule has 1 amide bonds. The van der Waals surface area contributed by atoms with E-state index in [4.69, 9.17) is 0 Å². The van der Waals surface area contributed by atoms with Crippen LogP contribution in [0.4, 0.5) is 0 Å². The van der Waals surface area contributed by atoms with Crippen LogP contribution in [0.15, 0.2) is 30.3 Å². The highest BCUT2D eigenvalue weighted by molar-refractivity contribution is 5.75. The van der Waals surface area contributed by atoms with E-state index in [1.165, 1.54) is 32.1 Å². The van der Waals surface area contributed by atoms with Crippen molar-refractivity contribution in [3.8, 4) is 0 Å². The van der Waals surface area contributed by atoms with Gasteiger partial charge in [0, 0.05) is 13.0 Å². The average molecular weight is 319 g/mol. The number of rotatable bonds is 13. The number of carbonyl (C=O) groups excluding carboxylic acids is 1. The van der Waals surface area contributed by atoms with E-state index < -0.39 is 0 Å². The predicted molar refractivity (Wildman–Crippen MR) is 96.1 cm³/mol. The van der Waals surface area contributed by atoms with E-state index in [1.54, 1.807) is 0 Å². The molecule has 1 aromatic rings. The Labute approximate surface area is 141 Å². The van der Waals surface area contributed by atoms with Crippen molar-refractivity contribution in [2.75, 3.05) is 0 Å². The molecule has 0 spiro atoms. The van der Waals surface area contributed by atoms with Gasteiger partial charge in [-0.25, -0.2) is 0 Å². The maximum Gasteiger partial charge on any atom is 0.220 e. The number of benzene rings is 1. The van der Waals surface area contributed by atoms with Gasteiger partial charge in [-0.3, -0.25) is 4.79 Å². The fraction of sp³-hybridized carbons (Fsp3) is 0.650. The summed E-state index contributed by atoms with van der Waals surface area (Å²) in [6, 6.07) is 9.92. The standard InChI is InChI=1S/C20H33NO2/c1-2-3-4-5-6-10-14-19(22)15-11-16-20(23)21-17-18-12-8-7-9-13-18/h7-9,12-13,19,22H,2-6,10-11,14-17H2,1H3,(H,21,23)/t19-/m1/s1. The first kappa shape index (κ1) is 19.7. The lowest BCUT2D eigenvalue weighted by Crippen LogP contribution is -2.22. The van der Waals surface area contributed by atoms with E-state index in [0.717, 1.165) is 31.2 Å². The van der Waals surface area contributed by atoms with Crippen LogP contribution in [-0.2, 0) is 11.3 Å². The van der Waals surface area contributed by atoms with E-state index in [-0.39, 0.29) is 12.0 Å². The Morgan fingerprint density at radius 3 is 2.39 bits per heavy atom. The molecule has 0 fully saturated rings. The second kappa shape index (κ2) is 13.1. The van der Waals surface area contributed by atoms with Crippen molar-refractivity contribution < 1.29 is 9.90 Å². The van der Waals surface area contributed by atoms with Gasteiger partial charge in [-0.15, -0.1) is 0 Å². The third-order valence-electron chi connectivity index (χ3n) is 4.16. The molecule has 0 saturated heterocycles. The highest BCUT2D eigenvalue weighted by atomic mass is 16.3. The Hall–Kier alpha value is -1.35. The Morgan fingerprint density at radius 1 is 1.00 bits per heavy atom. The molecule has 1 aromatic carbocycles. The largest absolute Gasteiger partial charge is 0.393 e. The molecule has 0 aromatic heterocycles. The maximum atomic E-state index is 11.8. The maximum absolute atomic E-state index is 11.8. The second-order valence-electron chi connectivity index (χ2n) is 6.36. The van der Waals surface area contributed by atoms with Crippen LogP contribution in [0.3, 0.4) is 0 Å². The number of amides is 1. The van der Waals surface area contributed by atoms with Gasteiger partial charge >= 0.3 is 0 Å². The molecule has 23 heavy (non-hydrogen) atoms. The molecule has 1 rings (SSSR count). The molecule has 0 aliphatic heterocycles. The first-order chi connectivity index (χ1) is 11.2. The van der Waals surface area contributed by atoms with Crippen molar-refractivity contribution in [2.24, 2.45) is 0 Å². The molecule has 0 heterocycles. The second-order valence-corrected chi connectivity index (χ2v) is 6.36. The van der Waals surface area contributed by atoms with Gasteiger partial charge in [0.25, 0.3) is 0 Å². The normalized spacial score (nSPS) is 12.1. The number of aliphatic hydroxyl groups is 1. The Balaban J connectivity index is 1.97. The predicted octanol–water partition coefficient (Wildman–Crippen LogP) is 4.58. The molecule has 0 unspecified atom stereocenters. The minimum atomic E-state index is -0.247. The van der Waals surface area contributed by atoms with Crippen LogP contribution in [0.2, 0.25) is 0 Å². The van der Waals surface area contributed by atoms with Crippen LogP contribution in [0, 0.1) is 0 Å². The molecule has 0 bridgehead atoms. The topological polar surface area (TPSA) is 49.3 Å². The Morgan fingerprint density at radius 2 is 1.65 bits per heavy atom. The lowest BCUT2D eigenvalue weighted by atomic mass is 10.0. The molecule has 0 radical (unpaired) electrons. The molecular weight excluding hydrogens is 286 g/mol. The zero-order chi connectivity index (χ0) is 16.8. The fourth-order valence-electron chi connectivity index (χ4n) is 2.69. The lowest BCUT2D eigenvalue weighted by Gasteiger charge is -2.10. The van der Waals surface area contributed by atoms with Crippen LogP contribution in [0.25, 0.3) is 0 Å². The zero-order valence-corrected chi connectivity index (χ0v) is 14.6. The first-order valence-corrected chi connectivity index (χ1v) is 9.21. The zero-order valence-electron chi connectivity index (χ0n) is 14.6. The summed E-state index contributed by atoms with van der Waals surface area (Å²) in [4.78, 5) is 11.8. The molecule has 0 aliphatic rings. The molecule has 1 atom stereocenters. The van der Waals surface area contributed by atoms with Crippen LogP contribution in [0.1, 0.15) is 76.7 Å². The number of nitrogens with one attached hydrogen (secondary N) is 1. The number of hydrogen-bond donors (Lipinski definition) is 2. The molecule has 2 N–H and O–H groups in total. The van der Waals surface area contributed by atoms with Gasteiger partial charge in [-0.1, -0.05) is 75.8 Å². The van der Waals surface area contributed by atoms with Crippen LogP contribution < -0.4 is 5.32 Å². The quantitative estimate of drug-likeness (QED) is 0.523. The summed E-state index contributed by atoms with van der Waals surface area (Å²) in [5.41, 5.74) is 1.11. The third kappa shape index (κ3) is 10.9. The number of hydrogen-bond acceptors (Lipinski definition) is 2. The number of aliphatic hydroxyl groups excluding tert-OH is 1.